The van der Waals surface area contributed by atoms with Gasteiger partial charge in [0.1, 0.15) is 5.75 Å². The summed E-state index contributed by atoms with van der Waals surface area (Å²) in [6.45, 7) is 0. The fraction of sp³-hybridized carbons (Fsp3) is 0.0714. The molecule has 0 saturated heterocycles. The van der Waals surface area contributed by atoms with E-state index in [4.69, 9.17) is 15.7 Å². The van der Waals surface area contributed by atoms with Gasteiger partial charge in [-0.25, -0.2) is 4.39 Å². The summed E-state index contributed by atoms with van der Waals surface area (Å²) in [4.78, 5) is 1.09. The molecule has 0 atom stereocenters. The Bertz CT molecular complexity index is 677. The highest BCUT2D eigenvalue weighted by Crippen LogP contribution is 2.32. The lowest BCUT2D eigenvalue weighted by Gasteiger charge is -2.10. The molecule has 0 saturated carbocycles. The number of benzene rings is 2. The summed E-state index contributed by atoms with van der Waals surface area (Å²) in [5.41, 5.74) is 5.71. The smallest absolute Gasteiger partial charge is 0.180 e. The van der Waals surface area contributed by atoms with Gasteiger partial charge in [0.15, 0.2) is 17.4 Å². The molecule has 0 aliphatic carbocycles. The van der Waals surface area contributed by atoms with Crippen molar-refractivity contribution in [3.63, 3.8) is 0 Å². The topological polar surface area (TPSA) is 67.8 Å². The zero-order valence-electron chi connectivity index (χ0n) is 11.0. The standard InChI is InChI=1S/C14H12BrFN2O2S/c1-21-9-4-2-8(3-5-9)20-11-7-6-10(14(17)18-19)12(15)13(11)16/h2-7,19H,1H3,(H2,17,18). The minimum atomic E-state index is -0.618. The van der Waals surface area contributed by atoms with Crippen molar-refractivity contribution >= 4 is 33.5 Å². The van der Waals surface area contributed by atoms with Crippen LogP contribution in [0.25, 0.3) is 0 Å². The van der Waals surface area contributed by atoms with Crippen LogP contribution in [0.2, 0.25) is 0 Å². The second kappa shape index (κ2) is 6.82. The van der Waals surface area contributed by atoms with Crippen molar-refractivity contribution in [3.8, 4) is 11.5 Å². The van der Waals surface area contributed by atoms with Crippen LogP contribution in [0.5, 0.6) is 11.5 Å². The molecule has 2 aromatic carbocycles. The van der Waals surface area contributed by atoms with E-state index in [9.17, 15) is 4.39 Å². The van der Waals surface area contributed by atoms with E-state index in [2.05, 4.69) is 21.1 Å². The van der Waals surface area contributed by atoms with Gasteiger partial charge in [0.2, 0.25) is 0 Å². The minimum absolute atomic E-state index is 0.0493. The van der Waals surface area contributed by atoms with E-state index in [1.54, 1.807) is 23.9 Å². The maximum absolute atomic E-state index is 14.2. The Morgan fingerprint density at radius 2 is 1.95 bits per heavy atom. The van der Waals surface area contributed by atoms with Crippen molar-refractivity contribution in [1.82, 2.24) is 0 Å². The second-order valence-corrected chi connectivity index (χ2v) is 5.67. The van der Waals surface area contributed by atoms with E-state index in [1.807, 2.05) is 18.4 Å². The first-order valence-corrected chi connectivity index (χ1v) is 7.86. The number of nitrogens with zero attached hydrogens (tertiary/aromatic N) is 1. The van der Waals surface area contributed by atoms with Gasteiger partial charge in [-0.2, -0.15) is 0 Å². The van der Waals surface area contributed by atoms with E-state index < -0.39 is 5.82 Å². The Morgan fingerprint density at radius 1 is 1.29 bits per heavy atom. The Morgan fingerprint density at radius 3 is 2.52 bits per heavy atom. The highest BCUT2D eigenvalue weighted by Gasteiger charge is 2.15. The molecule has 110 valence electrons. The summed E-state index contributed by atoms with van der Waals surface area (Å²) in [7, 11) is 0. The summed E-state index contributed by atoms with van der Waals surface area (Å²) >= 11 is 4.69. The third kappa shape index (κ3) is 3.48. The number of halogens is 2. The summed E-state index contributed by atoms with van der Waals surface area (Å²) < 4.78 is 19.8. The third-order valence-corrected chi connectivity index (χ3v) is 4.24. The predicted octanol–water partition coefficient (Wildman–Crippen LogP) is 4.20. The van der Waals surface area contributed by atoms with Crippen LogP contribution in [0.4, 0.5) is 4.39 Å². The van der Waals surface area contributed by atoms with Crippen molar-refractivity contribution in [2.24, 2.45) is 10.9 Å². The monoisotopic (exact) mass is 370 g/mol. The molecule has 2 aromatic rings. The molecular weight excluding hydrogens is 359 g/mol. The lowest BCUT2D eigenvalue weighted by Crippen LogP contribution is -2.14. The SMILES string of the molecule is CSc1ccc(Oc2ccc(/C(N)=N/O)c(Br)c2F)cc1. The zero-order valence-corrected chi connectivity index (χ0v) is 13.4. The van der Waals surface area contributed by atoms with Gasteiger partial charge in [0.25, 0.3) is 0 Å². The molecule has 0 amide bonds. The fourth-order valence-corrected chi connectivity index (χ4v) is 2.57. The highest BCUT2D eigenvalue weighted by atomic mass is 79.9. The number of ether oxygens (including phenoxy) is 1. The molecule has 0 heterocycles. The average Bonchev–Trinajstić information content (AvgIpc) is 2.52. The van der Waals surface area contributed by atoms with Crippen LogP contribution in [0, 0.1) is 5.82 Å². The molecular formula is C14H12BrFN2O2S. The van der Waals surface area contributed by atoms with Crippen LogP contribution < -0.4 is 10.5 Å². The first kappa shape index (κ1) is 15.7. The highest BCUT2D eigenvalue weighted by molar-refractivity contribution is 9.10. The van der Waals surface area contributed by atoms with Gasteiger partial charge in [0.05, 0.1) is 4.47 Å². The number of hydrogen-bond donors (Lipinski definition) is 2. The van der Waals surface area contributed by atoms with E-state index in [0.717, 1.165) is 4.90 Å². The van der Waals surface area contributed by atoms with Gasteiger partial charge in [-0.15, -0.1) is 11.8 Å². The first-order chi connectivity index (χ1) is 10.1. The van der Waals surface area contributed by atoms with Gasteiger partial charge in [0, 0.05) is 10.5 Å². The molecule has 0 fully saturated rings. The number of amidine groups is 1. The molecule has 0 spiro atoms. The van der Waals surface area contributed by atoms with Gasteiger partial charge >= 0.3 is 0 Å². The fourth-order valence-electron chi connectivity index (χ4n) is 1.63. The first-order valence-electron chi connectivity index (χ1n) is 5.84. The largest absolute Gasteiger partial charge is 0.454 e. The zero-order chi connectivity index (χ0) is 15.4. The maximum atomic E-state index is 14.2. The van der Waals surface area contributed by atoms with Crippen LogP contribution in [0.15, 0.2) is 50.9 Å². The number of oxime groups is 1. The van der Waals surface area contributed by atoms with E-state index >= 15 is 0 Å². The summed E-state index contributed by atoms with van der Waals surface area (Å²) in [6.07, 6.45) is 1.97. The van der Waals surface area contributed by atoms with Crippen molar-refractivity contribution in [2.75, 3.05) is 6.26 Å². The molecule has 0 aliphatic heterocycles. The van der Waals surface area contributed by atoms with E-state index in [0.29, 0.717) is 5.75 Å². The molecule has 0 bridgehead atoms. The Hall–Kier alpha value is -1.73. The van der Waals surface area contributed by atoms with Gasteiger partial charge in [-0.05, 0) is 58.6 Å². The number of rotatable bonds is 4. The van der Waals surface area contributed by atoms with Gasteiger partial charge in [-0.1, -0.05) is 5.16 Å². The Labute approximate surface area is 133 Å². The molecule has 0 unspecified atom stereocenters. The average molecular weight is 371 g/mol. The molecule has 0 aliphatic rings. The summed E-state index contributed by atoms with van der Waals surface area (Å²) in [5.74, 6) is -0.229. The Balaban J connectivity index is 2.30. The third-order valence-electron chi connectivity index (χ3n) is 2.72. The molecule has 0 aromatic heterocycles. The molecule has 2 rings (SSSR count). The van der Waals surface area contributed by atoms with E-state index in [1.165, 1.54) is 12.1 Å². The maximum Gasteiger partial charge on any atom is 0.180 e. The van der Waals surface area contributed by atoms with Crippen LogP contribution in [-0.2, 0) is 0 Å². The van der Waals surface area contributed by atoms with Crippen LogP contribution in [0.1, 0.15) is 5.56 Å². The quantitative estimate of drug-likeness (QED) is 0.278. The van der Waals surface area contributed by atoms with Crippen molar-refractivity contribution in [3.05, 3.63) is 52.3 Å². The van der Waals surface area contributed by atoms with Crippen molar-refractivity contribution < 1.29 is 14.3 Å². The number of nitrogens with two attached hydrogens (primary N) is 1. The van der Waals surface area contributed by atoms with Crippen LogP contribution in [0.3, 0.4) is 0 Å². The van der Waals surface area contributed by atoms with Crippen molar-refractivity contribution in [1.29, 1.82) is 0 Å². The lowest BCUT2D eigenvalue weighted by molar-refractivity contribution is 0.318. The lowest BCUT2D eigenvalue weighted by atomic mass is 10.2. The minimum Gasteiger partial charge on any atom is -0.454 e. The summed E-state index contributed by atoms with van der Waals surface area (Å²) in [5, 5.41) is 11.5. The molecule has 7 heteroatoms. The molecule has 3 N–H and O–H groups in total. The summed E-state index contributed by atoms with van der Waals surface area (Å²) in [6, 6.07) is 10.2. The number of thioether (sulfide) groups is 1. The second-order valence-electron chi connectivity index (χ2n) is 4.00. The van der Waals surface area contributed by atoms with E-state index in [-0.39, 0.29) is 21.6 Å². The molecule has 0 radical (unpaired) electrons. The number of hydrogen-bond acceptors (Lipinski definition) is 4. The normalized spacial score (nSPS) is 11.5. The van der Waals surface area contributed by atoms with Crippen molar-refractivity contribution in [2.45, 2.75) is 4.90 Å². The van der Waals surface area contributed by atoms with Crippen LogP contribution >= 0.6 is 27.7 Å². The predicted molar refractivity (Wildman–Crippen MR) is 84.9 cm³/mol. The van der Waals surface area contributed by atoms with Gasteiger partial charge in [-0.3, -0.25) is 0 Å². The Kier molecular flexibility index (Phi) is 5.08. The van der Waals surface area contributed by atoms with Crippen LogP contribution in [-0.4, -0.2) is 17.3 Å². The molecule has 21 heavy (non-hydrogen) atoms. The van der Waals surface area contributed by atoms with Gasteiger partial charge < -0.3 is 15.7 Å². The molecule has 4 nitrogen and oxygen atoms in total.